The van der Waals surface area contributed by atoms with E-state index in [0.717, 1.165) is 12.8 Å². The zero-order chi connectivity index (χ0) is 9.98. The molecule has 0 fully saturated rings. The van der Waals surface area contributed by atoms with Crippen molar-refractivity contribution in [2.75, 3.05) is 0 Å². The second kappa shape index (κ2) is 24.4. The maximum Gasteiger partial charge on any atom is 2.00 e. The molecule has 0 aliphatic rings. The zero-order valence-corrected chi connectivity index (χ0v) is 15.3. The van der Waals surface area contributed by atoms with Gasteiger partial charge in [0, 0.05) is 12.8 Å². The van der Waals surface area contributed by atoms with Crippen molar-refractivity contribution in [3.05, 3.63) is 0 Å². The first-order valence-electron chi connectivity index (χ1n) is 3.98. The molecule has 2 N–H and O–H groups in total. The Bertz CT molecular complexity index is 129. The van der Waals surface area contributed by atoms with E-state index in [9.17, 15) is 9.59 Å². The molecule has 0 atom stereocenters. The summed E-state index contributed by atoms with van der Waals surface area (Å²) < 4.78 is 0. The molecular formula is C8H16I2O4Te+4. The fourth-order valence-electron chi connectivity index (χ4n) is 0.428. The Morgan fingerprint density at radius 2 is 1.07 bits per heavy atom. The molecule has 88 valence electrons. The van der Waals surface area contributed by atoms with E-state index >= 15 is 0 Å². The van der Waals surface area contributed by atoms with Crippen molar-refractivity contribution in [3.63, 3.8) is 0 Å². The van der Waals surface area contributed by atoms with Crippen molar-refractivity contribution >= 4 is 35.6 Å². The molecule has 8 radical (unpaired) electrons. The van der Waals surface area contributed by atoms with Crippen molar-refractivity contribution < 1.29 is 67.8 Å². The number of rotatable bonds is 4. The van der Waals surface area contributed by atoms with E-state index in [1.165, 1.54) is 0 Å². The standard InChI is InChI=1S/2C4H8O2.2I.Te/c2*1-2-3-4(5)6;;;/h2*2-3H2,1H3,(H,5,6);;;/q;;2*+1;+2. The molecule has 0 aromatic heterocycles. The van der Waals surface area contributed by atoms with Crippen LogP contribution in [-0.2, 0) is 9.59 Å². The fourth-order valence-corrected chi connectivity index (χ4v) is 0.428. The van der Waals surface area contributed by atoms with Crippen molar-refractivity contribution in [1.82, 2.24) is 0 Å². The molecule has 0 rings (SSSR count). The quantitative estimate of drug-likeness (QED) is 0.270. The van der Waals surface area contributed by atoms with Gasteiger partial charge in [-0.3, -0.25) is 9.59 Å². The molecule has 4 nitrogen and oxygen atoms in total. The Labute approximate surface area is 141 Å². The van der Waals surface area contributed by atoms with Crippen LogP contribution in [0.15, 0.2) is 0 Å². The van der Waals surface area contributed by atoms with Gasteiger partial charge in [-0.15, -0.1) is 0 Å². The summed E-state index contributed by atoms with van der Waals surface area (Å²) in [6.45, 7) is 3.68. The summed E-state index contributed by atoms with van der Waals surface area (Å²) in [6.07, 6.45) is 2.05. The molecule has 0 saturated carbocycles. The molecular weight excluding hydrogens is 541 g/mol. The SMILES string of the molecule is CCCC(=O)O.CCCC(=O)O.[I+].[I+].[Te+2]. The van der Waals surface area contributed by atoms with Crippen LogP contribution in [0.5, 0.6) is 0 Å². The van der Waals surface area contributed by atoms with E-state index in [4.69, 9.17) is 10.2 Å². The molecule has 0 bridgehead atoms. The van der Waals surface area contributed by atoms with E-state index in [2.05, 4.69) is 0 Å². The van der Waals surface area contributed by atoms with Crippen LogP contribution in [0.4, 0.5) is 0 Å². The third-order valence-corrected chi connectivity index (χ3v) is 0.928. The smallest absolute Gasteiger partial charge is 0.481 e. The predicted molar refractivity (Wildman–Crippen MR) is 50.8 cm³/mol. The summed E-state index contributed by atoms with van der Waals surface area (Å²) in [7, 11) is 0. The molecule has 0 aromatic rings. The van der Waals surface area contributed by atoms with Gasteiger partial charge < -0.3 is 10.2 Å². The molecule has 0 amide bonds. The Morgan fingerprint density at radius 1 is 0.867 bits per heavy atom. The molecule has 15 heavy (non-hydrogen) atoms. The van der Waals surface area contributed by atoms with Crippen LogP contribution in [0.2, 0.25) is 0 Å². The number of aliphatic carboxylic acids is 2. The van der Waals surface area contributed by atoms with Gasteiger partial charge in [-0.05, 0) is 12.8 Å². The molecule has 0 aromatic carbocycles. The number of hydrogen-bond acceptors (Lipinski definition) is 2. The first kappa shape index (κ1) is 29.8. The van der Waals surface area contributed by atoms with E-state index in [1.807, 2.05) is 13.8 Å². The van der Waals surface area contributed by atoms with Crippen molar-refractivity contribution in [3.8, 4) is 0 Å². The van der Waals surface area contributed by atoms with Gasteiger partial charge in [-0.25, -0.2) is 0 Å². The number of carboxylic acid groups (broad SMARTS) is 2. The molecule has 0 heterocycles. The molecule has 0 unspecified atom stereocenters. The predicted octanol–water partition coefficient (Wildman–Crippen LogP) is -4.63. The van der Waals surface area contributed by atoms with Crippen molar-refractivity contribution in [2.45, 2.75) is 39.5 Å². The topological polar surface area (TPSA) is 74.6 Å². The van der Waals surface area contributed by atoms with E-state index < -0.39 is 11.9 Å². The minimum Gasteiger partial charge on any atom is -0.481 e. The molecule has 0 aliphatic heterocycles. The second-order valence-corrected chi connectivity index (χ2v) is 2.29. The number of carbonyl (C=O) groups is 2. The van der Waals surface area contributed by atoms with Gasteiger partial charge in [0.05, 0.1) is 0 Å². The van der Waals surface area contributed by atoms with Gasteiger partial charge in [-0.1, -0.05) is 13.8 Å². The molecule has 0 saturated heterocycles. The van der Waals surface area contributed by atoms with Crippen LogP contribution in [0.1, 0.15) is 39.5 Å². The molecule has 0 spiro atoms. The van der Waals surface area contributed by atoms with Gasteiger partial charge in [0.2, 0.25) is 0 Å². The van der Waals surface area contributed by atoms with Gasteiger partial charge in [0.1, 0.15) is 0 Å². The Morgan fingerprint density at radius 3 is 1.07 bits per heavy atom. The monoisotopic (exact) mass is 560 g/mol. The summed E-state index contributed by atoms with van der Waals surface area (Å²) in [4.78, 5) is 19.2. The van der Waals surface area contributed by atoms with Crippen LogP contribution in [-0.4, -0.2) is 45.8 Å². The van der Waals surface area contributed by atoms with Crippen LogP contribution in [0.3, 0.4) is 0 Å². The van der Waals surface area contributed by atoms with Crippen LogP contribution >= 0.6 is 0 Å². The van der Waals surface area contributed by atoms with Crippen LogP contribution in [0, 0.1) is 0 Å². The molecule has 0 aliphatic carbocycles. The van der Waals surface area contributed by atoms with Crippen LogP contribution in [0.25, 0.3) is 0 Å². The summed E-state index contributed by atoms with van der Waals surface area (Å²) in [5.74, 6) is -1.42. The summed E-state index contributed by atoms with van der Waals surface area (Å²) in [5.41, 5.74) is 0. The summed E-state index contributed by atoms with van der Waals surface area (Å²) in [5, 5.41) is 15.8. The third kappa shape index (κ3) is 51.1. The Kier molecular flexibility index (Phi) is 48.6. The zero-order valence-electron chi connectivity index (χ0n) is 8.70. The third-order valence-electron chi connectivity index (χ3n) is 0.928. The first-order valence-corrected chi connectivity index (χ1v) is 3.98. The number of carboxylic acids is 2. The second-order valence-electron chi connectivity index (χ2n) is 2.29. The van der Waals surface area contributed by atoms with E-state index in [-0.39, 0.29) is 71.6 Å². The van der Waals surface area contributed by atoms with E-state index in [0.29, 0.717) is 12.8 Å². The average Bonchev–Trinajstić information content (AvgIpc) is 1.87. The average molecular weight is 558 g/mol. The van der Waals surface area contributed by atoms with Crippen LogP contribution < -0.4 is 48.0 Å². The number of hydrogen-bond donors (Lipinski definition) is 2. The van der Waals surface area contributed by atoms with Crippen molar-refractivity contribution in [2.24, 2.45) is 0 Å². The maximum absolute atomic E-state index is 9.60. The Balaban J connectivity index is -0.0000000370. The normalized spacial score (nSPS) is 6.53. The van der Waals surface area contributed by atoms with Gasteiger partial charge in [0.25, 0.3) is 0 Å². The van der Waals surface area contributed by atoms with E-state index in [1.54, 1.807) is 0 Å². The van der Waals surface area contributed by atoms with Gasteiger partial charge in [0.15, 0.2) is 0 Å². The minimum atomic E-state index is -0.711. The van der Waals surface area contributed by atoms with Crippen molar-refractivity contribution in [1.29, 1.82) is 0 Å². The summed E-state index contributed by atoms with van der Waals surface area (Å²) in [6, 6.07) is 0. The number of halogens is 2. The first-order chi connectivity index (χ1) is 5.54. The largest absolute Gasteiger partial charge is 2.00 e. The van der Waals surface area contributed by atoms with Gasteiger partial charge >= 0.3 is 83.6 Å². The molecule has 7 heteroatoms. The summed E-state index contributed by atoms with van der Waals surface area (Å²) >= 11 is 0. The fraction of sp³-hybridized carbons (Fsp3) is 0.750. The minimum absolute atomic E-state index is 0. The maximum atomic E-state index is 9.60. The van der Waals surface area contributed by atoms with Gasteiger partial charge in [-0.2, -0.15) is 0 Å². The Hall–Kier alpha value is 1.19.